The molecule has 0 aliphatic heterocycles. The molecule has 13 heavy (non-hydrogen) atoms. The van der Waals surface area contributed by atoms with E-state index in [9.17, 15) is 5.11 Å². The van der Waals surface area contributed by atoms with Crippen molar-refractivity contribution in [2.75, 3.05) is 13.7 Å². The van der Waals surface area contributed by atoms with Crippen LogP contribution in [0.3, 0.4) is 0 Å². The van der Waals surface area contributed by atoms with Gasteiger partial charge in [-0.1, -0.05) is 6.07 Å². The third-order valence-electron chi connectivity index (χ3n) is 1.91. The van der Waals surface area contributed by atoms with Gasteiger partial charge < -0.3 is 15.6 Å². The highest BCUT2D eigenvalue weighted by Gasteiger charge is 2.01. The second kappa shape index (κ2) is 4.72. The molecular formula is C10H15NO2. The van der Waals surface area contributed by atoms with Crippen LogP contribution in [0.4, 0.5) is 0 Å². The number of phenolic OH excluding ortho intramolecular Hbond substituents is 1. The summed E-state index contributed by atoms with van der Waals surface area (Å²) in [6.45, 7) is 0.673. The minimum Gasteiger partial charge on any atom is -0.504 e. The van der Waals surface area contributed by atoms with E-state index in [2.05, 4.69) is 0 Å². The zero-order chi connectivity index (χ0) is 9.68. The summed E-state index contributed by atoms with van der Waals surface area (Å²) in [5.74, 6) is 0.702. The SMILES string of the molecule is COc1ccc(CCCN)cc1O. The highest BCUT2D eigenvalue weighted by molar-refractivity contribution is 5.41. The standard InChI is InChI=1S/C10H15NO2/c1-13-10-5-4-8(3-2-6-11)7-9(10)12/h4-5,7,12H,2-3,6,11H2,1H3. The van der Waals surface area contributed by atoms with Gasteiger partial charge in [0.25, 0.3) is 0 Å². The van der Waals surface area contributed by atoms with Crippen LogP contribution in [0.25, 0.3) is 0 Å². The van der Waals surface area contributed by atoms with Crippen molar-refractivity contribution in [2.24, 2.45) is 5.73 Å². The van der Waals surface area contributed by atoms with Gasteiger partial charge in [0.1, 0.15) is 0 Å². The molecule has 0 radical (unpaired) electrons. The summed E-state index contributed by atoms with van der Waals surface area (Å²) < 4.78 is 4.93. The highest BCUT2D eigenvalue weighted by Crippen LogP contribution is 2.26. The van der Waals surface area contributed by atoms with Gasteiger partial charge in [-0.25, -0.2) is 0 Å². The molecule has 0 saturated heterocycles. The summed E-state index contributed by atoms with van der Waals surface area (Å²) in [6.07, 6.45) is 1.83. The molecule has 0 atom stereocenters. The normalized spacial score (nSPS) is 10.0. The van der Waals surface area contributed by atoms with E-state index >= 15 is 0 Å². The van der Waals surface area contributed by atoms with Gasteiger partial charge in [-0.3, -0.25) is 0 Å². The van der Waals surface area contributed by atoms with Crippen LogP contribution in [-0.4, -0.2) is 18.8 Å². The molecule has 0 saturated carbocycles. The van der Waals surface area contributed by atoms with E-state index in [-0.39, 0.29) is 5.75 Å². The smallest absolute Gasteiger partial charge is 0.160 e. The molecule has 1 rings (SSSR count). The van der Waals surface area contributed by atoms with E-state index in [0.717, 1.165) is 18.4 Å². The molecule has 3 heteroatoms. The van der Waals surface area contributed by atoms with Crippen LogP contribution in [0.5, 0.6) is 11.5 Å². The van der Waals surface area contributed by atoms with Gasteiger partial charge >= 0.3 is 0 Å². The number of aryl methyl sites for hydroxylation is 1. The molecule has 1 aromatic carbocycles. The Morgan fingerprint density at radius 1 is 1.46 bits per heavy atom. The van der Waals surface area contributed by atoms with Crippen LogP contribution in [0, 0.1) is 0 Å². The lowest BCUT2D eigenvalue weighted by Gasteiger charge is -2.05. The van der Waals surface area contributed by atoms with Gasteiger partial charge in [0, 0.05) is 0 Å². The second-order valence-electron chi connectivity index (χ2n) is 2.90. The van der Waals surface area contributed by atoms with Crippen molar-refractivity contribution < 1.29 is 9.84 Å². The van der Waals surface area contributed by atoms with Crippen molar-refractivity contribution in [1.29, 1.82) is 0 Å². The average Bonchev–Trinajstić information content (AvgIpc) is 2.15. The lowest BCUT2D eigenvalue weighted by atomic mass is 10.1. The van der Waals surface area contributed by atoms with Gasteiger partial charge in [0.05, 0.1) is 7.11 Å². The van der Waals surface area contributed by atoms with Crippen molar-refractivity contribution >= 4 is 0 Å². The number of methoxy groups -OCH3 is 1. The Kier molecular flexibility index (Phi) is 3.58. The molecule has 0 heterocycles. The number of nitrogens with two attached hydrogens (primary N) is 1. The highest BCUT2D eigenvalue weighted by atomic mass is 16.5. The first-order valence-corrected chi connectivity index (χ1v) is 4.34. The number of hydrogen-bond acceptors (Lipinski definition) is 3. The fourth-order valence-electron chi connectivity index (χ4n) is 1.20. The molecule has 0 fully saturated rings. The molecular weight excluding hydrogens is 166 g/mol. The van der Waals surface area contributed by atoms with Crippen molar-refractivity contribution in [3.05, 3.63) is 23.8 Å². The molecule has 1 aromatic rings. The number of benzene rings is 1. The first-order chi connectivity index (χ1) is 6.27. The van der Waals surface area contributed by atoms with Crippen LogP contribution in [0.1, 0.15) is 12.0 Å². The van der Waals surface area contributed by atoms with Gasteiger partial charge in [0.2, 0.25) is 0 Å². The summed E-state index contributed by atoms with van der Waals surface area (Å²) in [5.41, 5.74) is 6.47. The molecule has 3 N–H and O–H groups in total. The molecule has 0 aliphatic carbocycles. The van der Waals surface area contributed by atoms with E-state index in [1.165, 1.54) is 7.11 Å². The third-order valence-corrected chi connectivity index (χ3v) is 1.91. The van der Waals surface area contributed by atoms with Gasteiger partial charge in [-0.05, 0) is 37.1 Å². The Labute approximate surface area is 78.1 Å². The maximum atomic E-state index is 9.43. The monoisotopic (exact) mass is 181 g/mol. The number of rotatable bonds is 4. The van der Waals surface area contributed by atoms with Crippen LogP contribution in [-0.2, 0) is 6.42 Å². The topological polar surface area (TPSA) is 55.5 Å². The van der Waals surface area contributed by atoms with Crippen molar-refractivity contribution in [2.45, 2.75) is 12.8 Å². The van der Waals surface area contributed by atoms with E-state index in [1.807, 2.05) is 6.07 Å². The molecule has 0 aliphatic rings. The van der Waals surface area contributed by atoms with Crippen LogP contribution < -0.4 is 10.5 Å². The zero-order valence-electron chi connectivity index (χ0n) is 7.79. The lowest BCUT2D eigenvalue weighted by Crippen LogP contribution is -2.00. The van der Waals surface area contributed by atoms with Crippen LogP contribution in [0.15, 0.2) is 18.2 Å². The third kappa shape index (κ3) is 2.63. The van der Waals surface area contributed by atoms with Crippen molar-refractivity contribution in [3.8, 4) is 11.5 Å². The second-order valence-corrected chi connectivity index (χ2v) is 2.90. The summed E-state index contributed by atoms with van der Waals surface area (Å²) >= 11 is 0. The maximum Gasteiger partial charge on any atom is 0.160 e. The molecule has 3 nitrogen and oxygen atoms in total. The Morgan fingerprint density at radius 3 is 2.77 bits per heavy atom. The molecule has 72 valence electrons. The predicted molar refractivity (Wildman–Crippen MR) is 52.0 cm³/mol. The molecule has 0 spiro atoms. The van der Waals surface area contributed by atoms with E-state index in [1.54, 1.807) is 12.1 Å². The fraction of sp³-hybridized carbons (Fsp3) is 0.400. The van der Waals surface area contributed by atoms with Gasteiger partial charge in [-0.2, -0.15) is 0 Å². The van der Waals surface area contributed by atoms with Gasteiger partial charge in [-0.15, -0.1) is 0 Å². The largest absolute Gasteiger partial charge is 0.504 e. The Morgan fingerprint density at radius 2 is 2.23 bits per heavy atom. The Balaban J connectivity index is 2.71. The minimum atomic E-state index is 0.192. The van der Waals surface area contributed by atoms with Crippen molar-refractivity contribution in [1.82, 2.24) is 0 Å². The van der Waals surface area contributed by atoms with Crippen molar-refractivity contribution in [3.63, 3.8) is 0 Å². The molecule has 0 bridgehead atoms. The van der Waals surface area contributed by atoms with E-state index < -0.39 is 0 Å². The first kappa shape index (κ1) is 9.86. The number of hydrogen-bond donors (Lipinski definition) is 2. The summed E-state index contributed by atoms with van der Waals surface area (Å²) in [6, 6.07) is 5.42. The first-order valence-electron chi connectivity index (χ1n) is 4.34. The zero-order valence-corrected chi connectivity index (χ0v) is 7.79. The predicted octanol–water partition coefficient (Wildman–Crippen LogP) is 1.29. The minimum absolute atomic E-state index is 0.192. The van der Waals surface area contributed by atoms with E-state index in [0.29, 0.717) is 12.3 Å². The summed E-state index contributed by atoms with van der Waals surface area (Å²) in [5, 5.41) is 9.43. The summed E-state index contributed by atoms with van der Waals surface area (Å²) in [7, 11) is 1.54. The number of aromatic hydroxyl groups is 1. The molecule has 0 amide bonds. The Bertz CT molecular complexity index is 274. The maximum absolute atomic E-state index is 9.43. The number of ether oxygens (including phenoxy) is 1. The van der Waals surface area contributed by atoms with Crippen LogP contribution >= 0.6 is 0 Å². The van der Waals surface area contributed by atoms with Gasteiger partial charge in [0.15, 0.2) is 11.5 Å². The Hall–Kier alpha value is -1.22. The summed E-state index contributed by atoms with van der Waals surface area (Å²) in [4.78, 5) is 0. The quantitative estimate of drug-likeness (QED) is 0.736. The molecule has 0 aromatic heterocycles. The lowest BCUT2D eigenvalue weighted by molar-refractivity contribution is 0.373. The number of phenols is 1. The average molecular weight is 181 g/mol. The van der Waals surface area contributed by atoms with E-state index in [4.69, 9.17) is 10.5 Å². The molecule has 0 unspecified atom stereocenters. The van der Waals surface area contributed by atoms with Crippen LogP contribution in [0.2, 0.25) is 0 Å². The fourth-order valence-corrected chi connectivity index (χ4v) is 1.20.